The highest BCUT2D eigenvalue weighted by Crippen LogP contribution is 2.25. The van der Waals surface area contributed by atoms with E-state index in [2.05, 4.69) is 4.98 Å². The first-order valence-electron chi connectivity index (χ1n) is 6.10. The van der Waals surface area contributed by atoms with E-state index in [1.807, 2.05) is 0 Å². The van der Waals surface area contributed by atoms with Gasteiger partial charge in [0.05, 0.1) is 4.90 Å². The minimum absolute atomic E-state index is 0.0815. The number of hydrogen-bond donors (Lipinski definition) is 3. The van der Waals surface area contributed by atoms with Crippen molar-refractivity contribution in [2.75, 3.05) is 0 Å². The third-order valence-electron chi connectivity index (χ3n) is 2.86. The topological polar surface area (TPSA) is 125 Å². The van der Waals surface area contributed by atoms with Gasteiger partial charge < -0.3 is 15.2 Å². The number of aliphatic carboxylic acids is 1. The molecule has 0 spiro atoms. The van der Waals surface area contributed by atoms with E-state index in [0.29, 0.717) is 11.1 Å². The number of sulfone groups is 1. The number of halogens is 1. The Bertz CT molecular complexity index is 896. The average molecular weight is 356 g/mol. The van der Waals surface area contributed by atoms with E-state index in [9.17, 15) is 18.0 Å². The zero-order chi connectivity index (χ0) is 17.2. The first-order chi connectivity index (χ1) is 10.7. The second-order valence-electron chi connectivity index (χ2n) is 4.37. The van der Waals surface area contributed by atoms with Crippen molar-refractivity contribution in [1.82, 2.24) is 4.98 Å². The van der Waals surface area contributed by atoms with Crippen LogP contribution < -0.4 is 0 Å². The van der Waals surface area contributed by atoms with Gasteiger partial charge in [-0.05, 0) is 30.3 Å². The maximum Gasteiger partial charge on any atom is 0.371 e. The zero-order valence-corrected chi connectivity index (χ0v) is 12.9. The van der Waals surface area contributed by atoms with Crippen LogP contribution in [0.15, 0.2) is 58.2 Å². The third-order valence-corrected chi connectivity index (χ3v) is 4.92. The van der Waals surface area contributed by atoms with Crippen molar-refractivity contribution in [3.05, 3.63) is 59.1 Å². The van der Waals surface area contributed by atoms with Gasteiger partial charge in [-0.3, -0.25) is 4.79 Å². The lowest BCUT2D eigenvalue weighted by Gasteiger charge is -2.05. The third kappa shape index (κ3) is 3.43. The van der Waals surface area contributed by atoms with Crippen molar-refractivity contribution in [2.45, 2.75) is 9.79 Å². The van der Waals surface area contributed by atoms with Gasteiger partial charge in [-0.1, -0.05) is 11.6 Å². The van der Waals surface area contributed by atoms with Crippen LogP contribution in [0.1, 0.15) is 10.5 Å². The fraction of sp³-hybridized carbons (Fsp3) is 0. The second kappa shape index (κ2) is 6.27. The number of nitrogens with one attached hydrogen (secondary N) is 1. The molecule has 3 N–H and O–H groups in total. The van der Waals surface area contributed by atoms with Gasteiger partial charge in [-0.2, -0.15) is 0 Å². The average Bonchev–Trinajstić information content (AvgIpc) is 2.97. The van der Waals surface area contributed by atoms with Crippen LogP contribution in [0.4, 0.5) is 0 Å². The van der Waals surface area contributed by atoms with Crippen LogP contribution in [0, 0.1) is 0 Å². The van der Waals surface area contributed by atoms with Gasteiger partial charge in [-0.25, -0.2) is 13.2 Å². The molecule has 0 aliphatic carbocycles. The molecule has 1 heterocycles. The number of aliphatic hydroxyl groups excluding tert-OH is 1. The summed E-state index contributed by atoms with van der Waals surface area (Å²) in [5.41, 5.74) is -0.354. The number of carbonyl (C=O) groups is 2. The van der Waals surface area contributed by atoms with E-state index >= 15 is 0 Å². The number of ketones is 1. The molecular formula is C14H10ClNO6S. The van der Waals surface area contributed by atoms with Crippen molar-refractivity contribution in [3.8, 4) is 0 Å². The minimum Gasteiger partial charge on any atom is -0.502 e. The number of carboxylic acids is 1. The summed E-state index contributed by atoms with van der Waals surface area (Å²) in [5, 5.41) is 18.0. The van der Waals surface area contributed by atoms with Crippen molar-refractivity contribution < 1.29 is 28.2 Å². The summed E-state index contributed by atoms with van der Waals surface area (Å²) in [4.78, 5) is 24.5. The van der Waals surface area contributed by atoms with Gasteiger partial charge >= 0.3 is 5.97 Å². The fourth-order valence-corrected chi connectivity index (χ4v) is 3.32. The van der Waals surface area contributed by atoms with Crippen LogP contribution in [0.5, 0.6) is 0 Å². The highest BCUT2D eigenvalue weighted by atomic mass is 35.5. The molecule has 0 radical (unpaired) electrons. The predicted molar refractivity (Wildman–Crippen MR) is 80.4 cm³/mol. The maximum absolute atomic E-state index is 12.5. The van der Waals surface area contributed by atoms with Crippen molar-refractivity contribution in [1.29, 1.82) is 0 Å². The molecule has 0 aliphatic rings. The number of carboxylic acid groups (broad SMARTS) is 1. The molecule has 2 aromatic rings. The molecule has 0 atom stereocenters. The molecule has 0 aliphatic heterocycles. The predicted octanol–water partition coefficient (Wildman–Crippen LogP) is 2.21. The Morgan fingerprint density at radius 2 is 1.70 bits per heavy atom. The fourth-order valence-electron chi connectivity index (χ4n) is 1.77. The summed E-state index contributed by atoms with van der Waals surface area (Å²) in [6.07, 6.45) is 1.65. The lowest BCUT2D eigenvalue weighted by atomic mass is 10.2. The summed E-state index contributed by atoms with van der Waals surface area (Å²) in [6.45, 7) is 0. The summed E-state index contributed by atoms with van der Waals surface area (Å²) < 4.78 is 25.1. The molecule has 7 nitrogen and oxygen atoms in total. The maximum atomic E-state index is 12.5. The lowest BCUT2D eigenvalue weighted by Crippen LogP contribution is -2.09. The van der Waals surface area contributed by atoms with Gasteiger partial charge in [-0.15, -0.1) is 0 Å². The molecule has 2 rings (SSSR count). The molecular weight excluding hydrogens is 346 g/mol. The Morgan fingerprint density at radius 1 is 1.09 bits per heavy atom. The Morgan fingerprint density at radius 3 is 2.26 bits per heavy atom. The Kier molecular flexibility index (Phi) is 4.57. The quantitative estimate of drug-likeness (QED) is 0.429. The first kappa shape index (κ1) is 16.8. The molecule has 0 saturated carbocycles. The Labute approximate surface area is 135 Å². The number of hydrogen-bond acceptors (Lipinski definition) is 5. The van der Waals surface area contributed by atoms with E-state index in [0.717, 1.165) is 0 Å². The van der Waals surface area contributed by atoms with Crippen molar-refractivity contribution in [3.63, 3.8) is 0 Å². The number of aromatic nitrogens is 1. The number of aliphatic hydroxyl groups is 1. The molecule has 120 valence electrons. The van der Waals surface area contributed by atoms with Gasteiger partial charge in [0.1, 0.15) is 10.6 Å². The smallest absolute Gasteiger partial charge is 0.371 e. The summed E-state index contributed by atoms with van der Waals surface area (Å²) >= 11 is 5.71. The van der Waals surface area contributed by atoms with E-state index in [1.165, 1.54) is 36.5 Å². The molecule has 1 aromatic heterocycles. The van der Waals surface area contributed by atoms with Gasteiger partial charge in [0.25, 0.3) is 0 Å². The highest BCUT2D eigenvalue weighted by molar-refractivity contribution is 7.91. The molecule has 0 unspecified atom stereocenters. The minimum atomic E-state index is -4.01. The van der Waals surface area contributed by atoms with Crippen LogP contribution in [0.25, 0.3) is 0 Å². The summed E-state index contributed by atoms with van der Waals surface area (Å²) in [6, 6.07) is 6.51. The van der Waals surface area contributed by atoms with E-state index < -0.39 is 27.3 Å². The van der Waals surface area contributed by atoms with Crippen LogP contribution in [0.3, 0.4) is 0 Å². The van der Waals surface area contributed by atoms with Gasteiger partial charge in [0, 0.05) is 17.3 Å². The first-order valence-corrected chi connectivity index (χ1v) is 7.96. The van der Waals surface area contributed by atoms with E-state index in [4.69, 9.17) is 21.8 Å². The van der Waals surface area contributed by atoms with E-state index in [1.54, 1.807) is 0 Å². The number of H-pyrrole nitrogens is 1. The molecule has 0 saturated heterocycles. The van der Waals surface area contributed by atoms with Crippen LogP contribution in [-0.4, -0.2) is 35.4 Å². The zero-order valence-electron chi connectivity index (χ0n) is 11.4. The monoisotopic (exact) mass is 355 g/mol. The summed E-state index contributed by atoms with van der Waals surface area (Å²) in [5.74, 6) is -3.88. The largest absolute Gasteiger partial charge is 0.502 e. The van der Waals surface area contributed by atoms with Crippen molar-refractivity contribution >= 4 is 33.2 Å². The number of allylic oxidation sites excluding steroid dienone is 1. The number of benzene rings is 1. The normalized spacial score (nSPS) is 12.1. The number of rotatable bonds is 5. The number of carbonyl (C=O) groups excluding carboxylic acids is 1. The van der Waals surface area contributed by atoms with Gasteiger partial charge in [0.15, 0.2) is 0 Å². The van der Waals surface area contributed by atoms with Crippen LogP contribution in [-0.2, 0) is 14.6 Å². The molecule has 0 bridgehead atoms. The molecule has 23 heavy (non-hydrogen) atoms. The molecule has 0 fully saturated rings. The molecule has 9 heteroatoms. The Hall–Kier alpha value is -2.58. The number of aromatic amines is 1. The standard InChI is InChI=1S/C14H10ClNO6S/c15-8-1-3-9(4-2-8)23(21,22)12-5-6-16-13(12)10(17)7-11(18)14(19)20/h1-7,16,18H,(H,19,20)/b11-7-. The van der Waals surface area contributed by atoms with Crippen molar-refractivity contribution in [2.24, 2.45) is 0 Å². The van der Waals surface area contributed by atoms with Gasteiger partial charge in [0.2, 0.25) is 21.4 Å². The van der Waals surface area contributed by atoms with Crippen LogP contribution >= 0.6 is 11.6 Å². The second-order valence-corrected chi connectivity index (χ2v) is 6.73. The van der Waals surface area contributed by atoms with E-state index in [-0.39, 0.29) is 15.5 Å². The van der Waals surface area contributed by atoms with Crippen LogP contribution in [0.2, 0.25) is 5.02 Å². The summed E-state index contributed by atoms with van der Waals surface area (Å²) in [7, 11) is -4.01. The molecule has 0 amide bonds. The SMILES string of the molecule is O=C(O)/C(O)=C/C(=O)c1[nH]ccc1S(=O)(=O)c1ccc(Cl)cc1. The highest BCUT2D eigenvalue weighted by Gasteiger charge is 2.25. The Balaban J connectivity index is 2.49. The molecule has 1 aromatic carbocycles. The lowest BCUT2D eigenvalue weighted by molar-refractivity contribution is -0.135.